The Labute approximate surface area is 95.1 Å². The van der Waals surface area contributed by atoms with E-state index in [4.69, 9.17) is 0 Å². The summed E-state index contributed by atoms with van der Waals surface area (Å²) in [6.07, 6.45) is 1.99. The number of fused-ring (bicyclic) bond motifs is 1. The van der Waals surface area contributed by atoms with Crippen molar-refractivity contribution in [1.29, 1.82) is 0 Å². The molecule has 16 heavy (non-hydrogen) atoms. The van der Waals surface area contributed by atoms with Crippen LogP contribution in [0.1, 0.15) is 24.2 Å². The van der Waals surface area contributed by atoms with Gasteiger partial charge in [-0.15, -0.1) is 0 Å². The molecule has 0 aliphatic rings. The van der Waals surface area contributed by atoms with Gasteiger partial charge in [0, 0.05) is 35.8 Å². The molecule has 0 radical (unpaired) electrons. The maximum atomic E-state index is 11.8. The Morgan fingerprint density at radius 3 is 2.75 bits per heavy atom. The number of rotatable bonds is 2. The molecule has 1 heterocycles. The van der Waals surface area contributed by atoms with Gasteiger partial charge in [0.25, 0.3) is 5.91 Å². The average Bonchev–Trinajstić information content (AvgIpc) is 2.59. The maximum absolute atomic E-state index is 11.8. The van der Waals surface area contributed by atoms with E-state index in [-0.39, 0.29) is 11.9 Å². The van der Waals surface area contributed by atoms with Gasteiger partial charge < -0.3 is 9.88 Å². The molecule has 1 amide bonds. The summed E-state index contributed by atoms with van der Waals surface area (Å²) in [4.78, 5) is 11.8. The van der Waals surface area contributed by atoms with Crippen molar-refractivity contribution in [2.45, 2.75) is 19.9 Å². The minimum Gasteiger partial charge on any atom is -0.351 e. The first-order valence-electron chi connectivity index (χ1n) is 5.44. The molecule has 0 saturated carbocycles. The Morgan fingerprint density at radius 1 is 1.31 bits per heavy atom. The van der Waals surface area contributed by atoms with Crippen LogP contribution in [0, 0.1) is 0 Å². The van der Waals surface area contributed by atoms with Gasteiger partial charge in [-0.3, -0.25) is 4.79 Å². The molecule has 3 heteroatoms. The molecule has 0 aliphatic heterocycles. The van der Waals surface area contributed by atoms with E-state index in [1.165, 1.54) is 0 Å². The van der Waals surface area contributed by atoms with Crippen LogP contribution in [-0.4, -0.2) is 16.5 Å². The quantitative estimate of drug-likeness (QED) is 0.821. The fourth-order valence-electron chi connectivity index (χ4n) is 1.77. The Hall–Kier alpha value is -1.77. The number of carbonyl (C=O) groups is 1. The van der Waals surface area contributed by atoms with Gasteiger partial charge >= 0.3 is 0 Å². The standard InChI is InChI=1S/C13H16N2O/c1-9(2)14-13(16)11-4-5-12-10(8-11)6-7-15(12)3/h4-9H,1-3H3,(H,14,16). The first kappa shape index (κ1) is 10.7. The van der Waals surface area contributed by atoms with E-state index in [1.54, 1.807) is 0 Å². The number of aromatic nitrogens is 1. The molecule has 2 aromatic rings. The average molecular weight is 216 g/mol. The molecule has 0 fully saturated rings. The Kier molecular flexibility index (Phi) is 2.69. The van der Waals surface area contributed by atoms with Crippen LogP contribution in [0.25, 0.3) is 10.9 Å². The number of nitrogens with one attached hydrogen (secondary N) is 1. The Bertz CT molecular complexity index is 526. The van der Waals surface area contributed by atoms with Gasteiger partial charge in [0.2, 0.25) is 0 Å². The van der Waals surface area contributed by atoms with Crippen molar-refractivity contribution >= 4 is 16.8 Å². The summed E-state index contributed by atoms with van der Waals surface area (Å²) in [6.45, 7) is 3.91. The van der Waals surface area contributed by atoms with Crippen LogP contribution in [0.3, 0.4) is 0 Å². The van der Waals surface area contributed by atoms with Crippen molar-refractivity contribution in [3.05, 3.63) is 36.0 Å². The molecule has 0 unspecified atom stereocenters. The summed E-state index contributed by atoms with van der Waals surface area (Å²) >= 11 is 0. The van der Waals surface area contributed by atoms with E-state index < -0.39 is 0 Å². The lowest BCUT2D eigenvalue weighted by Crippen LogP contribution is -2.29. The molecule has 1 N–H and O–H groups in total. The van der Waals surface area contributed by atoms with Crippen LogP contribution < -0.4 is 5.32 Å². The van der Waals surface area contributed by atoms with Crippen molar-refractivity contribution in [1.82, 2.24) is 9.88 Å². The van der Waals surface area contributed by atoms with E-state index in [9.17, 15) is 4.79 Å². The second-order valence-corrected chi connectivity index (χ2v) is 4.33. The van der Waals surface area contributed by atoms with E-state index in [0.717, 1.165) is 10.9 Å². The predicted octanol–water partition coefficient (Wildman–Crippen LogP) is 2.32. The fourth-order valence-corrected chi connectivity index (χ4v) is 1.77. The zero-order chi connectivity index (χ0) is 11.7. The molecular formula is C13H16N2O. The van der Waals surface area contributed by atoms with Crippen LogP contribution in [0.5, 0.6) is 0 Å². The summed E-state index contributed by atoms with van der Waals surface area (Å²) < 4.78 is 2.04. The first-order valence-corrected chi connectivity index (χ1v) is 5.44. The third-order valence-corrected chi connectivity index (χ3v) is 2.57. The second kappa shape index (κ2) is 4.00. The third-order valence-electron chi connectivity index (χ3n) is 2.57. The number of benzene rings is 1. The number of hydrogen-bond acceptors (Lipinski definition) is 1. The normalized spacial score (nSPS) is 11.0. The van der Waals surface area contributed by atoms with Crippen molar-refractivity contribution in [3.8, 4) is 0 Å². The molecule has 1 aromatic carbocycles. The molecular weight excluding hydrogens is 200 g/mol. The van der Waals surface area contributed by atoms with Crippen LogP contribution >= 0.6 is 0 Å². The highest BCUT2D eigenvalue weighted by molar-refractivity contribution is 5.98. The van der Waals surface area contributed by atoms with Crippen LogP contribution in [0.2, 0.25) is 0 Å². The number of aryl methyl sites for hydroxylation is 1. The van der Waals surface area contributed by atoms with Gasteiger partial charge in [-0.2, -0.15) is 0 Å². The summed E-state index contributed by atoms with van der Waals surface area (Å²) in [5, 5.41) is 3.98. The molecule has 0 saturated heterocycles. The molecule has 2 rings (SSSR count). The van der Waals surface area contributed by atoms with Gasteiger partial charge in [0.05, 0.1) is 0 Å². The number of hydrogen-bond donors (Lipinski definition) is 1. The highest BCUT2D eigenvalue weighted by Gasteiger charge is 2.08. The largest absolute Gasteiger partial charge is 0.351 e. The maximum Gasteiger partial charge on any atom is 0.251 e. The lowest BCUT2D eigenvalue weighted by molar-refractivity contribution is 0.0943. The predicted molar refractivity (Wildman–Crippen MR) is 65.5 cm³/mol. The third kappa shape index (κ3) is 1.94. The number of carbonyl (C=O) groups excluding carboxylic acids is 1. The summed E-state index contributed by atoms with van der Waals surface area (Å²) in [7, 11) is 2.00. The van der Waals surface area contributed by atoms with Gasteiger partial charge in [-0.25, -0.2) is 0 Å². The Balaban J connectivity index is 2.36. The molecule has 0 aliphatic carbocycles. The van der Waals surface area contributed by atoms with E-state index in [0.29, 0.717) is 5.56 Å². The zero-order valence-electron chi connectivity index (χ0n) is 9.82. The van der Waals surface area contributed by atoms with E-state index in [1.807, 2.05) is 55.9 Å². The zero-order valence-corrected chi connectivity index (χ0v) is 9.82. The second-order valence-electron chi connectivity index (χ2n) is 4.33. The number of nitrogens with zero attached hydrogens (tertiary/aromatic N) is 1. The number of amides is 1. The van der Waals surface area contributed by atoms with Gasteiger partial charge in [0.15, 0.2) is 0 Å². The van der Waals surface area contributed by atoms with Gasteiger partial charge in [0.1, 0.15) is 0 Å². The summed E-state index contributed by atoms with van der Waals surface area (Å²) in [5.74, 6) is -0.0132. The molecule has 0 bridgehead atoms. The fraction of sp³-hybridized carbons (Fsp3) is 0.308. The molecule has 0 atom stereocenters. The SMILES string of the molecule is CC(C)NC(=O)c1ccc2c(ccn2C)c1. The van der Waals surface area contributed by atoms with Crippen molar-refractivity contribution in [2.24, 2.45) is 7.05 Å². The molecule has 3 nitrogen and oxygen atoms in total. The van der Waals surface area contributed by atoms with Crippen LogP contribution in [-0.2, 0) is 7.05 Å². The highest BCUT2D eigenvalue weighted by Crippen LogP contribution is 2.16. The highest BCUT2D eigenvalue weighted by atomic mass is 16.1. The van der Waals surface area contributed by atoms with Gasteiger partial charge in [-0.05, 0) is 38.1 Å². The summed E-state index contributed by atoms with van der Waals surface area (Å²) in [6, 6.07) is 7.94. The van der Waals surface area contributed by atoms with Gasteiger partial charge in [-0.1, -0.05) is 0 Å². The molecule has 0 spiro atoms. The summed E-state index contributed by atoms with van der Waals surface area (Å²) in [5.41, 5.74) is 1.86. The van der Waals surface area contributed by atoms with E-state index in [2.05, 4.69) is 5.32 Å². The topological polar surface area (TPSA) is 34.0 Å². The Morgan fingerprint density at radius 2 is 2.06 bits per heavy atom. The first-order chi connectivity index (χ1) is 7.58. The minimum atomic E-state index is -0.0132. The van der Waals surface area contributed by atoms with Crippen LogP contribution in [0.4, 0.5) is 0 Å². The van der Waals surface area contributed by atoms with E-state index >= 15 is 0 Å². The molecule has 84 valence electrons. The lowest BCUT2D eigenvalue weighted by atomic mass is 10.1. The van der Waals surface area contributed by atoms with Crippen molar-refractivity contribution < 1.29 is 4.79 Å². The molecule has 1 aromatic heterocycles. The smallest absolute Gasteiger partial charge is 0.251 e. The van der Waals surface area contributed by atoms with Crippen molar-refractivity contribution in [2.75, 3.05) is 0 Å². The lowest BCUT2D eigenvalue weighted by Gasteiger charge is -2.08. The monoisotopic (exact) mass is 216 g/mol. The minimum absolute atomic E-state index is 0.0132. The van der Waals surface area contributed by atoms with Crippen LogP contribution in [0.15, 0.2) is 30.5 Å². The van der Waals surface area contributed by atoms with Crippen molar-refractivity contribution in [3.63, 3.8) is 0 Å².